The highest BCUT2D eigenvalue weighted by Gasteiger charge is 2.18. The molecule has 2 rings (SSSR count). The monoisotopic (exact) mass is 375 g/mol. The van der Waals surface area contributed by atoms with Crippen molar-refractivity contribution in [3.05, 3.63) is 54.9 Å². The average molecular weight is 377 g/mol. The Morgan fingerprint density at radius 3 is 2.70 bits per heavy atom. The number of halogens is 3. The predicted molar refractivity (Wildman–Crippen MR) is 88.3 cm³/mol. The fraction of sp³-hybridized carbons (Fsp3) is 0.333. The van der Waals surface area contributed by atoms with Crippen LogP contribution in [-0.2, 0) is 0 Å². The molecule has 1 aromatic carbocycles. The number of aryl methyl sites for hydroxylation is 1. The van der Waals surface area contributed by atoms with E-state index >= 15 is 0 Å². The Labute approximate surface area is 136 Å². The maximum absolute atomic E-state index is 13.4. The van der Waals surface area contributed by atoms with Gasteiger partial charge in [0.25, 0.3) is 0 Å². The summed E-state index contributed by atoms with van der Waals surface area (Å²) in [7, 11) is 0. The molecule has 0 saturated heterocycles. The second-order valence-corrected chi connectivity index (χ2v) is 7.21. The molecular weight excluding hydrogens is 361 g/mol. The van der Waals surface area contributed by atoms with Gasteiger partial charge in [-0.15, -0.1) is 11.3 Å². The Kier molecular flexibility index (Phi) is 5.61. The fourth-order valence-corrected chi connectivity index (χ4v) is 3.86. The molecule has 1 aromatic heterocycles. The molecule has 5 heteroatoms. The van der Waals surface area contributed by atoms with Crippen molar-refractivity contribution in [2.24, 2.45) is 0 Å². The molecule has 0 bridgehead atoms. The van der Waals surface area contributed by atoms with Gasteiger partial charge in [-0.25, -0.2) is 4.39 Å². The van der Waals surface area contributed by atoms with Gasteiger partial charge in [0.15, 0.2) is 0 Å². The molecule has 1 heterocycles. The van der Waals surface area contributed by atoms with E-state index in [1.54, 1.807) is 18.3 Å². The fourth-order valence-electron chi connectivity index (χ4n) is 2.02. The molecule has 1 N–H and O–H groups in total. The van der Waals surface area contributed by atoms with E-state index in [-0.39, 0.29) is 11.9 Å². The van der Waals surface area contributed by atoms with Crippen LogP contribution in [0.1, 0.15) is 35.4 Å². The van der Waals surface area contributed by atoms with Crippen molar-refractivity contribution in [1.29, 1.82) is 0 Å². The molecule has 1 nitrogen and oxygen atoms in total. The summed E-state index contributed by atoms with van der Waals surface area (Å²) in [5, 5.41) is 3.50. The second-order valence-electron chi connectivity index (χ2n) is 4.67. The zero-order valence-electron chi connectivity index (χ0n) is 11.3. The lowest BCUT2D eigenvalue weighted by atomic mass is 10.0. The molecule has 1 atom stereocenters. The summed E-state index contributed by atoms with van der Waals surface area (Å²) in [4.78, 5) is 1.13. The molecule has 0 aliphatic rings. The van der Waals surface area contributed by atoms with Crippen LogP contribution in [0, 0.1) is 12.7 Å². The third kappa shape index (κ3) is 3.61. The highest BCUT2D eigenvalue weighted by molar-refractivity contribution is 9.10. The summed E-state index contributed by atoms with van der Waals surface area (Å²) >= 11 is 11.1. The lowest BCUT2D eigenvalue weighted by molar-refractivity contribution is 0.595. The van der Waals surface area contributed by atoms with Gasteiger partial charge in [-0.3, -0.25) is 0 Å². The minimum atomic E-state index is -0.173. The number of rotatable bonds is 5. The summed E-state index contributed by atoms with van der Waals surface area (Å²) in [6.45, 7) is 4.80. The minimum Gasteiger partial charge on any atom is -0.306 e. The SMILES string of the molecule is CCCNC(c1ccc(F)c(C)c1)c1cc(Br)c(Cl)s1. The summed E-state index contributed by atoms with van der Waals surface area (Å²) in [5.41, 5.74) is 1.72. The van der Waals surface area contributed by atoms with Crippen molar-refractivity contribution in [1.82, 2.24) is 5.32 Å². The van der Waals surface area contributed by atoms with Crippen LogP contribution in [0.4, 0.5) is 4.39 Å². The number of hydrogen-bond donors (Lipinski definition) is 1. The van der Waals surface area contributed by atoms with Crippen LogP contribution in [0.25, 0.3) is 0 Å². The van der Waals surface area contributed by atoms with Gasteiger partial charge in [-0.1, -0.05) is 30.7 Å². The zero-order valence-corrected chi connectivity index (χ0v) is 14.5. The number of nitrogens with one attached hydrogen (secondary N) is 1. The van der Waals surface area contributed by atoms with E-state index in [2.05, 4.69) is 28.2 Å². The minimum absolute atomic E-state index is 0.0445. The first kappa shape index (κ1) is 16.0. The van der Waals surface area contributed by atoms with E-state index in [0.29, 0.717) is 5.56 Å². The summed E-state index contributed by atoms with van der Waals surface area (Å²) in [6, 6.07) is 7.32. The van der Waals surface area contributed by atoms with E-state index in [9.17, 15) is 4.39 Å². The van der Waals surface area contributed by atoms with Gasteiger partial charge in [0.2, 0.25) is 0 Å². The molecule has 0 aliphatic heterocycles. The van der Waals surface area contributed by atoms with Crippen molar-refractivity contribution >= 4 is 38.9 Å². The molecule has 1 unspecified atom stereocenters. The maximum atomic E-state index is 13.4. The maximum Gasteiger partial charge on any atom is 0.126 e. The molecule has 2 aromatic rings. The number of hydrogen-bond acceptors (Lipinski definition) is 2. The molecule has 0 radical (unpaired) electrons. The van der Waals surface area contributed by atoms with E-state index in [1.807, 2.05) is 18.2 Å². The number of benzene rings is 1. The van der Waals surface area contributed by atoms with E-state index < -0.39 is 0 Å². The van der Waals surface area contributed by atoms with Crippen LogP contribution in [0.15, 0.2) is 28.7 Å². The highest BCUT2D eigenvalue weighted by Crippen LogP contribution is 2.37. The third-order valence-corrected chi connectivity index (χ3v) is 5.60. The van der Waals surface area contributed by atoms with Crippen LogP contribution < -0.4 is 5.32 Å². The normalized spacial score (nSPS) is 12.7. The van der Waals surface area contributed by atoms with Crippen molar-refractivity contribution in [2.75, 3.05) is 6.54 Å². The summed E-state index contributed by atoms with van der Waals surface area (Å²) in [6.07, 6.45) is 1.04. The van der Waals surface area contributed by atoms with Crippen molar-refractivity contribution < 1.29 is 4.39 Å². The molecule has 0 saturated carbocycles. The van der Waals surface area contributed by atoms with Gasteiger partial charge in [-0.2, -0.15) is 0 Å². The van der Waals surface area contributed by atoms with Crippen LogP contribution in [0.2, 0.25) is 4.34 Å². The zero-order chi connectivity index (χ0) is 14.7. The molecular formula is C15H16BrClFNS. The topological polar surface area (TPSA) is 12.0 Å². The average Bonchev–Trinajstić information content (AvgIpc) is 2.74. The molecule has 0 aliphatic carbocycles. The quantitative estimate of drug-likeness (QED) is 0.705. The smallest absolute Gasteiger partial charge is 0.126 e. The molecule has 20 heavy (non-hydrogen) atoms. The Morgan fingerprint density at radius 2 is 2.15 bits per heavy atom. The Bertz CT molecular complexity index is 580. The van der Waals surface area contributed by atoms with Crippen LogP contribution in [-0.4, -0.2) is 6.54 Å². The summed E-state index contributed by atoms with van der Waals surface area (Å²) < 4.78 is 15.1. The lowest BCUT2D eigenvalue weighted by Gasteiger charge is -2.18. The van der Waals surface area contributed by atoms with Gasteiger partial charge in [0.05, 0.1) is 6.04 Å². The lowest BCUT2D eigenvalue weighted by Crippen LogP contribution is -2.22. The largest absolute Gasteiger partial charge is 0.306 e. The van der Waals surface area contributed by atoms with Gasteiger partial charge in [0, 0.05) is 9.35 Å². The van der Waals surface area contributed by atoms with Crippen LogP contribution >= 0.6 is 38.9 Å². The van der Waals surface area contributed by atoms with Gasteiger partial charge >= 0.3 is 0 Å². The Balaban J connectivity index is 2.38. The van der Waals surface area contributed by atoms with E-state index in [1.165, 1.54) is 6.07 Å². The molecule has 0 fully saturated rings. The Morgan fingerprint density at radius 1 is 1.40 bits per heavy atom. The van der Waals surface area contributed by atoms with Crippen molar-refractivity contribution in [2.45, 2.75) is 26.3 Å². The number of thiophene rings is 1. The van der Waals surface area contributed by atoms with Gasteiger partial charge in [0.1, 0.15) is 10.2 Å². The first-order valence-electron chi connectivity index (χ1n) is 6.47. The highest BCUT2D eigenvalue weighted by atomic mass is 79.9. The van der Waals surface area contributed by atoms with Crippen LogP contribution in [0.3, 0.4) is 0 Å². The van der Waals surface area contributed by atoms with Crippen LogP contribution in [0.5, 0.6) is 0 Å². The molecule has 108 valence electrons. The molecule has 0 amide bonds. The van der Waals surface area contributed by atoms with E-state index in [4.69, 9.17) is 11.6 Å². The van der Waals surface area contributed by atoms with E-state index in [0.717, 1.165) is 32.2 Å². The van der Waals surface area contributed by atoms with Crippen molar-refractivity contribution in [3.63, 3.8) is 0 Å². The first-order valence-corrected chi connectivity index (χ1v) is 8.45. The van der Waals surface area contributed by atoms with Gasteiger partial charge < -0.3 is 5.32 Å². The second kappa shape index (κ2) is 7.03. The Hall–Kier alpha value is -0.420. The standard InChI is InChI=1S/C15H16BrClFNS/c1-3-6-19-14(13-8-11(16)15(17)20-13)10-4-5-12(18)9(2)7-10/h4-5,7-8,14,19H,3,6H2,1-2H3. The molecule has 0 spiro atoms. The van der Waals surface area contributed by atoms with Crippen molar-refractivity contribution in [3.8, 4) is 0 Å². The summed E-state index contributed by atoms with van der Waals surface area (Å²) in [5.74, 6) is -0.173. The third-order valence-electron chi connectivity index (χ3n) is 3.06. The van der Waals surface area contributed by atoms with Gasteiger partial charge in [-0.05, 0) is 59.1 Å². The first-order chi connectivity index (χ1) is 9.52. The predicted octanol–water partition coefficient (Wildman–Crippen LogP) is 5.70.